The number of benzene rings is 1. The number of phenols is 1. The van der Waals surface area contributed by atoms with Crippen LogP contribution >= 0.6 is 0 Å². The van der Waals surface area contributed by atoms with E-state index in [2.05, 4.69) is 4.98 Å². The summed E-state index contributed by atoms with van der Waals surface area (Å²) in [6.45, 7) is 0. The Morgan fingerprint density at radius 2 is 2.08 bits per heavy atom. The Kier molecular flexibility index (Phi) is 1.66. The lowest BCUT2D eigenvalue weighted by Gasteiger charge is -1.97. The number of hydrogen-bond donors (Lipinski definition) is 2. The molecule has 4 nitrogen and oxygen atoms in total. The monoisotopic (exact) mass is 176 g/mol. The number of nitrogens with two attached hydrogens (primary N) is 1. The van der Waals surface area contributed by atoms with Crippen molar-refractivity contribution < 1.29 is 9.52 Å². The molecule has 0 spiro atoms. The highest BCUT2D eigenvalue weighted by Gasteiger charge is 2.07. The normalized spacial score (nSPS) is 10.2. The zero-order chi connectivity index (χ0) is 9.26. The van der Waals surface area contributed by atoms with Crippen LogP contribution in [0.4, 0.5) is 6.01 Å². The van der Waals surface area contributed by atoms with Crippen molar-refractivity contribution in [1.29, 1.82) is 0 Å². The lowest BCUT2D eigenvalue weighted by atomic mass is 10.2. The summed E-state index contributed by atoms with van der Waals surface area (Å²) in [6.07, 6.45) is 1.48. The molecule has 0 saturated carbocycles. The maximum absolute atomic E-state index is 9.44. The lowest BCUT2D eigenvalue weighted by Crippen LogP contribution is -1.80. The summed E-state index contributed by atoms with van der Waals surface area (Å²) in [5, 5.41) is 9.44. The van der Waals surface area contributed by atoms with Crippen molar-refractivity contribution in [2.24, 2.45) is 0 Å². The van der Waals surface area contributed by atoms with Gasteiger partial charge in [-0.25, -0.2) is 4.98 Å². The van der Waals surface area contributed by atoms with Crippen LogP contribution in [0.25, 0.3) is 11.3 Å². The van der Waals surface area contributed by atoms with Crippen molar-refractivity contribution in [2.45, 2.75) is 0 Å². The van der Waals surface area contributed by atoms with Crippen LogP contribution in [0.1, 0.15) is 0 Å². The molecule has 0 amide bonds. The molecule has 13 heavy (non-hydrogen) atoms. The minimum Gasteiger partial charge on any atom is -0.507 e. The number of anilines is 1. The van der Waals surface area contributed by atoms with Gasteiger partial charge in [0.1, 0.15) is 5.75 Å². The Morgan fingerprint density at radius 1 is 1.31 bits per heavy atom. The Balaban J connectivity index is 2.52. The highest BCUT2D eigenvalue weighted by Crippen LogP contribution is 2.29. The van der Waals surface area contributed by atoms with Gasteiger partial charge in [0.15, 0.2) is 5.76 Å². The summed E-state index contributed by atoms with van der Waals surface area (Å²) in [5.74, 6) is 0.620. The first-order chi connectivity index (χ1) is 6.27. The standard InChI is InChI=1S/C9H8N2O2/c10-9-11-5-8(13-9)6-3-1-2-4-7(6)12/h1-5,12H,(H2,10,11). The van der Waals surface area contributed by atoms with E-state index in [1.165, 1.54) is 6.20 Å². The Hall–Kier alpha value is -1.97. The third-order valence-corrected chi connectivity index (χ3v) is 1.69. The van der Waals surface area contributed by atoms with E-state index in [1.807, 2.05) is 0 Å². The molecular formula is C9H8N2O2. The van der Waals surface area contributed by atoms with Gasteiger partial charge in [-0.05, 0) is 12.1 Å². The SMILES string of the molecule is Nc1ncc(-c2ccccc2O)o1. The largest absolute Gasteiger partial charge is 0.507 e. The molecule has 2 rings (SSSR count). The van der Waals surface area contributed by atoms with Crippen LogP contribution in [0.2, 0.25) is 0 Å². The van der Waals surface area contributed by atoms with Gasteiger partial charge in [0.05, 0.1) is 11.8 Å². The van der Waals surface area contributed by atoms with E-state index in [0.717, 1.165) is 0 Å². The van der Waals surface area contributed by atoms with Crippen LogP contribution in [0.15, 0.2) is 34.9 Å². The summed E-state index contributed by atoms with van der Waals surface area (Å²) in [6, 6.07) is 6.94. The van der Waals surface area contributed by atoms with Gasteiger partial charge in [0, 0.05) is 0 Å². The topological polar surface area (TPSA) is 72.3 Å². The van der Waals surface area contributed by atoms with Gasteiger partial charge in [0.2, 0.25) is 0 Å². The summed E-state index contributed by atoms with van der Waals surface area (Å²) in [5.41, 5.74) is 5.90. The van der Waals surface area contributed by atoms with E-state index < -0.39 is 0 Å². The summed E-state index contributed by atoms with van der Waals surface area (Å²) in [4.78, 5) is 3.73. The van der Waals surface area contributed by atoms with E-state index in [4.69, 9.17) is 10.2 Å². The molecule has 0 aliphatic carbocycles. The molecule has 0 atom stereocenters. The zero-order valence-corrected chi connectivity index (χ0v) is 6.77. The molecule has 3 N–H and O–H groups in total. The highest BCUT2D eigenvalue weighted by molar-refractivity contribution is 5.64. The molecule has 1 heterocycles. The number of aromatic hydroxyl groups is 1. The number of para-hydroxylation sites is 1. The fraction of sp³-hybridized carbons (Fsp3) is 0. The first-order valence-corrected chi connectivity index (χ1v) is 3.77. The maximum atomic E-state index is 9.44. The first kappa shape index (κ1) is 7.67. The first-order valence-electron chi connectivity index (χ1n) is 3.77. The van der Waals surface area contributed by atoms with Crippen LogP contribution in [0, 0.1) is 0 Å². The summed E-state index contributed by atoms with van der Waals surface area (Å²) in [7, 11) is 0. The predicted molar refractivity (Wildman–Crippen MR) is 48.0 cm³/mol. The molecule has 0 aliphatic rings. The second-order valence-electron chi connectivity index (χ2n) is 2.58. The average Bonchev–Trinajstić information content (AvgIpc) is 2.53. The van der Waals surface area contributed by atoms with Crippen LogP contribution in [0.5, 0.6) is 5.75 Å². The number of oxazole rings is 1. The molecule has 0 saturated heterocycles. The number of nitrogens with zero attached hydrogens (tertiary/aromatic N) is 1. The van der Waals surface area contributed by atoms with Gasteiger partial charge in [-0.15, -0.1) is 0 Å². The molecule has 4 heteroatoms. The van der Waals surface area contributed by atoms with Crippen molar-refractivity contribution in [3.8, 4) is 17.1 Å². The Morgan fingerprint density at radius 3 is 2.69 bits per heavy atom. The zero-order valence-electron chi connectivity index (χ0n) is 6.77. The van der Waals surface area contributed by atoms with Crippen LogP contribution in [0.3, 0.4) is 0 Å². The summed E-state index contributed by atoms with van der Waals surface area (Å²) < 4.78 is 5.06. The lowest BCUT2D eigenvalue weighted by molar-refractivity contribution is 0.474. The number of phenolic OH excluding ortho intramolecular Hbond substituents is 1. The van der Waals surface area contributed by atoms with E-state index in [9.17, 15) is 5.11 Å². The second-order valence-corrected chi connectivity index (χ2v) is 2.58. The molecule has 66 valence electrons. The molecule has 1 aromatic heterocycles. The fourth-order valence-corrected chi connectivity index (χ4v) is 1.09. The van der Waals surface area contributed by atoms with Crippen LogP contribution < -0.4 is 5.73 Å². The maximum Gasteiger partial charge on any atom is 0.292 e. The molecule has 2 aromatic rings. The third kappa shape index (κ3) is 1.33. The van der Waals surface area contributed by atoms with E-state index >= 15 is 0 Å². The highest BCUT2D eigenvalue weighted by atomic mass is 16.4. The minimum absolute atomic E-state index is 0.0956. The fourth-order valence-electron chi connectivity index (χ4n) is 1.09. The van der Waals surface area contributed by atoms with Crippen molar-refractivity contribution in [2.75, 3.05) is 5.73 Å². The summed E-state index contributed by atoms with van der Waals surface area (Å²) >= 11 is 0. The second kappa shape index (κ2) is 2.82. The van der Waals surface area contributed by atoms with Crippen molar-refractivity contribution in [3.63, 3.8) is 0 Å². The molecule has 0 fully saturated rings. The Labute approximate surface area is 74.6 Å². The Bertz CT molecular complexity index is 423. The van der Waals surface area contributed by atoms with Gasteiger partial charge < -0.3 is 15.3 Å². The van der Waals surface area contributed by atoms with Crippen molar-refractivity contribution in [3.05, 3.63) is 30.5 Å². The van der Waals surface area contributed by atoms with Gasteiger partial charge >= 0.3 is 0 Å². The molecule has 0 radical (unpaired) electrons. The number of hydrogen-bond acceptors (Lipinski definition) is 4. The average molecular weight is 176 g/mol. The predicted octanol–water partition coefficient (Wildman–Crippen LogP) is 1.63. The van der Waals surface area contributed by atoms with Crippen LogP contribution in [-0.4, -0.2) is 10.1 Å². The molecule has 0 unspecified atom stereocenters. The van der Waals surface area contributed by atoms with Crippen LogP contribution in [-0.2, 0) is 0 Å². The van der Waals surface area contributed by atoms with Crippen molar-refractivity contribution >= 4 is 6.01 Å². The van der Waals surface area contributed by atoms with Gasteiger partial charge in [-0.2, -0.15) is 0 Å². The molecule has 1 aromatic carbocycles. The van der Waals surface area contributed by atoms with Gasteiger partial charge in [0.25, 0.3) is 6.01 Å². The molecule has 0 bridgehead atoms. The number of aromatic nitrogens is 1. The quantitative estimate of drug-likeness (QED) is 0.692. The van der Waals surface area contributed by atoms with Crippen molar-refractivity contribution in [1.82, 2.24) is 4.98 Å². The van der Waals surface area contributed by atoms with E-state index in [1.54, 1.807) is 24.3 Å². The smallest absolute Gasteiger partial charge is 0.292 e. The third-order valence-electron chi connectivity index (χ3n) is 1.69. The number of rotatable bonds is 1. The van der Waals surface area contributed by atoms with E-state index in [0.29, 0.717) is 11.3 Å². The van der Waals surface area contributed by atoms with Gasteiger partial charge in [-0.1, -0.05) is 12.1 Å². The number of nitrogen functional groups attached to an aromatic ring is 1. The molecule has 0 aliphatic heterocycles. The molecular weight excluding hydrogens is 168 g/mol. The van der Waals surface area contributed by atoms with Gasteiger partial charge in [-0.3, -0.25) is 0 Å². The minimum atomic E-state index is 0.0956. The van der Waals surface area contributed by atoms with E-state index in [-0.39, 0.29) is 11.8 Å².